The van der Waals surface area contributed by atoms with E-state index < -0.39 is 11.9 Å². The highest BCUT2D eigenvalue weighted by Gasteiger charge is 2.19. The Balaban J connectivity index is 2.13. The first-order valence-electron chi connectivity index (χ1n) is 6.71. The molecule has 6 nitrogen and oxygen atoms in total. The van der Waals surface area contributed by atoms with Crippen LogP contribution in [0.1, 0.15) is 20.3 Å². The molecule has 2 heterocycles. The molecule has 1 unspecified atom stereocenters. The summed E-state index contributed by atoms with van der Waals surface area (Å²) in [6.07, 6.45) is 4.06. The minimum absolute atomic E-state index is 0.344. The molecule has 2 rings (SSSR count). The standard InChI is InChI=1S/C14H20N4O2/c1-9(2)6-10(14(19)20)7-16-13-12-11(4-5-15-13)18(3)8-17-12/h4-5,8-10H,6-7H2,1-3H3,(H,15,16)(H,19,20). The monoisotopic (exact) mass is 276 g/mol. The number of fused-ring (bicyclic) bond motifs is 1. The molecule has 0 bridgehead atoms. The van der Waals surface area contributed by atoms with Crippen LogP contribution in [-0.4, -0.2) is 32.2 Å². The lowest BCUT2D eigenvalue weighted by Crippen LogP contribution is -2.24. The van der Waals surface area contributed by atoms with E-state index in [4.69, 9.17) is 0 Å². The number of pyridine rings is 1. The van der Waals surface area contributed by atoms with Crippen molar-refractivity contribution < 1.29 is 9.90 Å². The molecule has 0 aliphatic heterocycles. The Kier molecular flexibility index (Phi) is 4.22. The quantitative estimate of drug-likeness (QED) is 0.844. The Labute approximate surface area is 117 Å². The predicted molar refractivity (Wildman–Crippen MR) is 77.6 cm³/mol. The molecule has 2 aromatic heterocycles. The van der Waals surface area contributed by atoms with Crippen LogP contribution in [0, 0.1) is 11.8 Å². The lowest BCUT2D eigenvalue weighted by atomic mass is 9.97. The van der Waals surface area contributed by atoms with Crippen LogP contribution in [-0.2, 0) is 11.8 Å². The number of aliphatic carboxylic acids is 1. The van der Waals surface area contributed by atoms with Gasteiger partial charge in [0.15, 0.2) is 5.82 Å². The van der Waals surface area contributed by atoms with Gasteiger partial charge in [0.25, 0.3) is 0 Å². The number of nitrogens with zero attached hydrogens (tertiary/aromatic N) is 3. The fourth-order valence-electron chi connectivity index (χ4n) is 2.25. The molecule has 0 spiro atoms. The van der Waals surface area contributed by atoms with Gasteiger partial charge >= 0.3 is 5.97 Å². The van der Waals surface area contributed by atoms with Gasteiger partial charge in [-0.3, -0.25) is 4.79 Å². The first kappa shape index (κ1) is 14.3. The topological polar surface area (TPSA) is 80.0 Å². The average Bonchev–Trinajstić information content (AvgIpc) is 2.76. The number of rotatable bonds is 6. The number of imidazole rings is 1. The highest BCUT2D eigenvalue weighted by atomic mass is 16.4. The van der Waals surface area contributed by atoms with Crippen LogP contribution >= 0.6 is 0 Å². The third kappa shape index (κ3) is 3.07. The maximum absolute atomic E-state index is 11.2. The van der Waals surface area contributed by atoms with E-state index in [0.717, 1.165) is 11.0 Å². The van der Waals surface area contributed by atoms with Crippen LogP contribution < -0.4 is 5.32 Å². The summed E-state index contributed by atoms with van der Waals surface area (Å²) in [5.41, 5.74) is 1.74. The third-order valence-corrected chi connectivity index (χ3v) is 3.26. The molecule has 0 radical (unpaired) electrons. The molecule has 0 fully saturated rings. The van der Waals surface area contributed by atoms with E-state index in [0.29, 0.717) is 24.7 Å². The number of aryl methyl sites for hydroxylation is 1. The van der Waals surface area contributed by atoms with Crippen molar-refractivity contribution >= 4 is 22.8 Å². The fourth-order valence-corrected chi connectivity index (χ4v) is 2.25. The minimum atomic E-state index is -0.778. The maximum atomic E-state index is 11.2. The Bertz CT molecular complexity index is 606. The number of carboxylic acid groups (broad SMARTS) is 1. The Hall–Kier alpha value is -2.11. The second-order valence-corrected chi connectivity index (χ2v) is 5.43. The molecule has 0 aromatic carbocycles. The minimum Gasteiger partial charge on any atom is -0.481 e. The van der Waals surface area contributed by atoms with Crippen molar-refractivity contribution in [1.82, 2.24) is 14.5 Å². The normalized spacial score (nSPS) is 12.8. The van der Waals surface area contributed by atoms with Crippen LogP contribution in [0.25, 0.3) is 11.0 Å². The van der Waals surface area contributed by atoms with Gasteiger partial charge in [-0.15, -0.1) is 0 Å². The molecule has 0 aliphatic carbocycles. The van der Waals surface area contributed by atoms with Crippen LogP contribution in [0.3, 0.4) is 0 Å². The van der Waals surface area contributed by atoms with Gasteiger partial charge in [-0.1, -0.05) is 13.8 Å². The van der Waals surface area contributed by atoms with Gasteiger partial charge in [-0.05, 0) is 18.4 Å². The number of aromatic nitrogens is 3. The number of hydrogen-bond donors (Lipinski definition) is 2. The van der Waals surface area contributed by atoms with Gasteiger partial charge in [0, 0.05) is 19.8 Å². The van der Waals surface area contributed by atoms with Gasteiger partial charge in [-0.25, -0.2) is 9.97 Å². The molecule has 108 valence electrons. The lowest BCUT2D eigenvalue weighted by molar-refractivity contribution is -0.141. The smallest absolute Gasteiger partial charge is 0.308 e. The van der Waals surface area contributed by atoms with Crippen LogP contribution in [0.15, 0.2) is 18.6 Å². The first-order chi connectivity index (χ1) is 9.49. The number of carbonyl (C=O) groups is 1. The number of nitrogens with one attached hydrogen (secondary N) is 1. The van der Waals surface area contributed by atoms with E-state index in [-0.39, 0.29) is 0 Å². The predicted octanol–water partition coefficient (Wildman–Crippen LogP) is 2.13. The van der Waals surface area contributed by atoms with Gasteiger partial charge in [0.1, 0.15) is 5.52 Å². The van der Waals surface area contributed by atoms with E-state index >= 15 is 0 Å². The summed E-state index contributed by atoms with van der Waals surface area (Å²) in [7, 11) is 1.91. The van der Waals surface area contributed by atoms with Crippen molar-refractivity contribution in [2.75, 3.05) is 11.9 Å². The second kappa shape index (κ2) is 5.90. The van der Waals surface area contributed by atoms with E-state index in [1.54, 1.807) is 12.5 Å². The molecular formula is C14H20N4O2. The zero-order valence-corrected chi connectivity index (χ0v) is 12.0. The van der Waals surface area contributed by atoms with Crippen molar-refractivity contribution in [3.05, 3.63) is 18.6 Å². The Morgan fingerprint density at radius 1 is 1.45 bits per heavy atom. The summed E-state index contributed by atoms with van der Waals surface area (Å²) < 4.78 is 1.91. The molecule has 0 amide bonds. The van der Waals surface area contributed by atoms with Gasteiger partial charge in [0.05, 0.1) is 17.8 Å². The van der Waals surface area contributed by atoms with E-state index in [1.165, 1.54) is 0 Å². The van der Waals surface area contributed by atoms with E-state index in [2.05, 4.69) is 15.3 Å². The molecular weight excluding hydrogens is 256 g/mol. The Morgan fingerprint density at radius 2 is 2.20 bits per heavy atom. The third-order valence-electron chi connectivity index (χ3n) is 3.26. The zero-order chi connectivity index (χ0) is 14.7. The van der Waals surface area contributed by atoms with Crippen LogP contribution in [0.2, 0.25) is 0 Å². The van der Waals surface area contributed by atoms with Crippen molar-refractivity contribution in [3.8, 4) is 0 Å². The molecule has 0 aliphatic rings. The first-order valence-corrected chi connectivity index (χ1v) is 6.71. The zero-order valence-electron chi connectivity index (χ0n) is 12.0. The van der Waals surface area contributed by atoms with Gasteiger partial charge < -0.3 is 15.0 Å². The van der Waals surface area contributed by atoms with E-state index in [9.17, 15) is 9.90 Å². The average molecular weight is 276 g/mol. The summed E-state index contributed by atoms with van der Waals surface area (Å²) in [5.74, 6) is -0.218. The Morgan fingerprint density at radius 3 is 2.85 bits per heavy atom. The molecule has 1 atom stereocenters. The van der Waals surface area contributed by atoms with Crippen molar-refractivity contribution in [2.45, 2.75) is 20.3 Å². The van der Waals surface area contributed by atoms with Crippen LogP contribution in [0.4, 0.5) is 5.82 Å². The largest absolute Gasteiger partial charge is 0.481 e. The molecule has 2 N–H and O–H groups in total. The molecule has 2 aromatic rings. The number of anilines is 1. The molecule has 20 heavy (non-hydrogen) atoms. The number of carboxylic acids is 1. The maximum Gasteiger partial charge on any atom is 0.308 e. The molecule has 6 heteroatoms. The van der Waals surface area contributed by atoms with Crippen LogP contribution in [0.5, 0.6) is 0 Å². The summed E-state index contributed by atoms with van der Waals surface area (Å²) in [4.78, 5) is 19.8. The highest BCUT2D eigenvalue weighted by molar-refractivity contribution is 5.85. The van der Waals surface area contributed by atoms with E-state index in [1.807, 2.05) is 31.5 Å². The van der Waals surface area contributed by atoms with Crippen molar-refractivity contribution in [3.63, 3.8) is 0 Å². The van der Waals surface area contributed by atoms with Gasteiger partial charge in [0.2, 0.25) is 0 Å². The van der Waals surface area contributed by atoms with Gasteiger partial charge in [-0.2, -0.15) is 0 Å². The SMILES string of the molecule is CC(C)CC(CNc1nccc2c1ncn2C)C(=O)O. The molecule has 0 saturated carbocycles. The van der Waals surface area contributed by atoms with Crippen molar-refractivity contribution in [2.24, 2.45) is 18.9 Å². The van der Waals surface area contributed by atoms with Crippen molar-refractivity contribution in [1.29, 1.82) is 0 Å². The second-order valence-electron chi connectivity index (χ2n) is 5.43. The molecule has 0 saturated heterocycles. The summed E-state index contributed by atoms with van der Waals surface area (Å²) in [5, 5.41) is 12.4. The summed E-state index contributed by atoms with van der Waals surface area (Å²) >= 11 is 0. The number of hydrogen-bond acceptors (Lipinski definition) is 4. The highest BCUT2D eigenvalue weighted by Crippen LogP contribution is 2.20. The fraction of sp³-hybridized carbons (Fsp3) is 0.500. The summed E-state index contributed by atoms with van der Waals surface area (Å²) in [6.45, 7) is 4.40. The summed E-state index contributed by atoms with van der Waals surface area (Å²) in [6, 6.07) is 1.89. The lowest BCUT2D eigenvalue weighted by Gasteiger charge is -2.15.